The Morgan fingerprint density at radius 3 is 2.48 bits per heavy atom. The molecular weight excluding hydrogens is 399 g/mol. The van der Waals surface area contributed by atoms with Crippen LogP contribution in [0.1, 0.15) is 22.5 Å². The van der Waals surface area contributed by atoms with Crippen LogP contribution in [0.25, 0.3) is 0 Å². The van der Waals surface area contributed by atoms with Gasteiger partial charge < -0.3 is 10.6 Å². The molecule has 3 rings (SSSR count). The highest BCUT2D eigenvalue weighted by molar-refractivity contribution is 7.80. The van der Waals surface area contributed by atoms with Crippen molar-refractivity contribution in [3.63, 3.8) is 0 Å². The van der Waals surface area contributed by atoms with Crippen LogP contribution < -0.4 is 10.6 Å². The molecule has 0 aliphatic rings. The number of aromatic nitrogens is 2. The zero-order valence-electron chi connectivity index (χ0n) is 15.3. The first-order chi connectivity index (χ1) is 12.8. The molecule has 2 N–H and O–H groups in total. The van der Waals surface area contributed by atoms with Crippen molar-refractivity contribution in [2.45, 2.75) is 27.3 Å². The van der Waals surface area contributed by atoms with Gasteiger partial charge in [0.05, 0.1) is 23.6 Å². The normalized spacial score (nSPS) is 10.7. The van der Waals surface area contributed by atoms with Crippen molar-refractivity contribution in [2.75, 3.05) is 10.6 Å². The van der Waals surface area contributed by atoms with Gasteiger partial charge in [-0.3, -0.25) is 4.68 Å². The van der Waals surface area contributed by atoms with E-state index in [-0.39, 0.29) is 0 Å². The number of nitrogens with one attached hydrogen (secondary N) is 2. The first-order valence-corrected chi connectivity index (χ1v) is 9.63. The number of benzene rings is 2. The van der Waals surface area contributed by atoms with Gasteiger partial charge in [0, 0.05) is 15.7 Å². The molecule has 0 saturated carbocycles. The van der Waals surface area contributed by atoms with Gasteiger partial charge in [0.25, 0.3) is 0 Å². The Labute approximate surface area is 174 Å². The van der Waals surface area contributed by atoms with Crippen molar-refractivity contribution >= 4 is 51.9 Å². The highest BCUT2D eigenvalue weighted by Gasteiger charge is 2.14. The summed E-state index contributed by atoms with van der Waals surface area (Å²) in [7, 11) is 0. The summed E-state index contributed by atoms with van der Waals surface area (Å²) >= 11 is 17.9. The van der Waals surface area contributed by atoms with Crippen molar-refractivity contribution < 1.29 is 0 Å². The summed E-state index contributed by atoms with van der Waals surface area (Å²) in [6.45, 7) is 6.51. The maximum absolute atomic E-state index is 6.27. The summed E-state index contributed by atoms with van der Waals surface area (Å²) in [5.41, 5.74) is 5.61. The molecule has 0 fully saturated rings. The van der Waals surface area contributed by atoms with E-state index in [4.69, 9.17) is 35.4 Å². The van der Waals surface area contributed by atoms with E-state index in [2.05, 4.69) is 15.7 Å². The van der Waals surface area contributed by atoms with Crippen LogP contribution in [-0.4, -0.2) is 14.9 Å². The van der Waals surface area contributed by atoms with Gasteiger partial charge in [0.15, 0.2) is 5.11 Å². The van der Waals surface area contributed by atoms with E-state index in [0.29, 0.717) is 16.7 Å². The van der Waals surface area contributed by atoms with Gasteiger partial charge >= 0.3 is 0 Å². The van der Waals surface area contributed by atoms with E-state index in [0.717, 1.165) is 38.9 Å². The van der Waals surface area contributed by atoms with E-state index >= 15 is 0 Å². The van der Waals surface area contributed by atoms with Gasteiger partial charge in [-0.2, -0.15) is 5.10 Å². The van der Waals surface area contributed by atoms with Gasteiger partial charge in [0.1, 0.15) is 0 Å². The monoisotopic (exact) mass is 418 g/mol. The summed E-state index contributed by atoms with van der Waals surface area (Å²) in [5, 5.41) is 12.9. The van der Waals surface area contributed by atoms with Gasteiger partial charge in [0.2, 0.25) is 0 Å². The summed E-state index contributed by atoms with van der Waals surface area (Å²) < 4.78 is 1.92. The highest BCUT2D eigenvalue weighted by atomic mass is 35.5. The Kier molecular flexibility index (Phi) is 6.05. The average Bonchev–Trinajstić information content (AvgIpc) is 2.88. The third-order valence-electron chi connectivity index (χ3n) is 4.33. The summed E-state index contributed by atoms with van der Waals surface area (Å²) in [6.07, 6.45) is 0. The molecule has 7 heteroatoms. The van der Waals surface area contributed by atoms with Crippen LogP contribution in [0.5, 0.6) is 0 Å². The van der Waals surface area contributed by atoms with E-state index in [1.807, 2.05) is 67.9 Å². The number of thiocarbonyl (C=S) groups is 1. The molecule has 0 spiro atoms. The molecule has 4 nitrogen and oxygen atoms in total. The second-order valence-corrected chi connectivity index (χ2v) is 7.56. The number of anilines is 2. The van der Waals surface area contributed by atoms with Crippen LogP contribution in [0.4, 0.5) is 11.4 Å². The predicted octanol–water partition coefficient (Wildman–Crippen LogP) is 5.97. The minimum Gasteiger partial charge on any atom is -0.332 e. The van der Waals surface area contributed by atoms with E-state index < -0.39 is 0 Å². The molecule has 2 aromatic carbocycles. The lowest BCUT2D eigenvalue weighted by molar-refractivity contribution is 0.659. The molecule has 1 aromatic heterocycles. The van der Waals surface area contributed by atoms with Crippen LogP contribution in [0, 0.1) is 20.8 Å². The maximum Gasteiger partial charge on any atom is 0.175 e. The second kappa shape index (κ2) is 8.30. The first-order valence-electron chi connectivity index (χ1n) is 8.46. The molecule has 0 unspecified atom stereocenters. The molecule has 140 valence electrons. The lowest BCUT2D eigenvalue weighted by Gasteiger charge is -2.12. The van der Waals surface area contributed by atoms with E-state index in [9.17, 15) is 0 Å². The third kappa shape index (κ3) is 4.61. The SMILES string of the molecule is Cc1ccc(NC(=S)Nc2c(C)nn(Cc3ccccc3Cl)c2C)cc1Cl. The molecule has 1 heterocycles. The Morgan fingerprint density at radius 2 is 1.78 bits per heavy atom. The molecule has 0 bridgehead atoms. The van der Waals surface area contributed by atoms with Crippen molar-refractivity contribution in [3.05, 3.63) is 75.0 Å². The van der Waals surface area contributed by atoms with Gasteiger partial charge in [-0.25, -0.2) is 0 Å². The van der Waals surface area contributed by atoms with E-state index in [1.165, 1.54) is 0 Å². The number of hydrogen-bond donors (Lipinski definition) is 2. The smallest absolute Gasteiger partial charge is 0.175 e. The first kappa shape index (κ1) is 19.7. The number of rotatable bonds is 4. The Balaban J connectivity index is 1.75. The molecule has 0 aliphatic carbocycles. The number of hydrogen-bond acceptors (Lipinski definition) is 2. The summed E-state index contributed by atoms with van der Waals surface area (Å²) in [6, 6.07) is 13.5. The molecular formula is C20H20Cl2N4S. The topological polar surface area (TPSA) is 41.9 Å². The molecule has 27 heavy (non-hydrogen) atoms. The Morgan fingerprint density at radius 1 is 1.04 bits per heavy atom. The largest absolute Gasteiger partial charge is 0.332 e. The lowest BCUT2D eigenvalue weighted by Crippen LogP contribution is -2.20. The number of halogens is 2. The minimum atomic E-state index is 0.485. The molecule has 0 radical (unpaired) electrons. The van der Waals surface area contributed by atoms with Crippen LogP contribution in [0.2, 0.25) is 10.0 Å². The van der Waals surface area contributed by atoms with Crippen LogP contribution >= 0.6 is 35.4 Å². The van der Waals surface area contributed by atoms with Crippen LogP contribution in [0.15, 0.2) is 42.5 Å². The zero-order chi connectivity index (χ0) is 19.6. The van der Waals surface area contributed by atoms with E-state index in [1.54, 1.807) is 0 Å². The van der Waals surface area contributed by atoms with Crippen molar-refractivity contribution in [3.8, 4) is 0 Å². The third-order valence-corrected chi connectivity index (χ3v) is 5.31. The molecule has 0 amide bonds. The molecule has 0 aliphatic heterocycles. The fraction of sp³-hybridized carbons (Fsp3) is 0.200. The fourth-order valence-corrected chi connectivity index (χ4v) is 3.36. The second-order valence-electron chi connectivity index (χ2n) is 6.34. The van der Waals surface area contributed by atoms with Gasteiger partial charge in [-0.15, -0.1) is 0 Å². The Bertz CT molecular complexity index is 998. The van der Waals surface area contributed by atoms with Crippen molar-refractivity contribution in [1.82, 2.24) is 9.78 Å². The standard InChI is InChI=1S/C20H20Cl2N4S/c1-12-8-9-16(10-18(12)22)23-20(27)24-19-13(2)25-26(14(19)3)11-15-6-4-5-7-17(15)21/h4-10H,11H2,1-3H3,(H2,23,24,27). The molecule has 3 aromatic rings. The summed E-state index contributed by atoms with van der Waals surface area (Å²) in [4.78, 5) is 0. The number of aryl methyl sites for hydroxylation is 2. The molecule has 0 atom stereocenters. The maximum atomic E-state index is 6.27. The highest BCUT2D eigenvalue weighted by Crippen LogP contribution is 2.24. The summed E-state index contributed by atoms with van der Waals surface area (Å²) in [5.74, 6) is 0. The average molecular weight is 419 g/mol. The quantitative estimate of drug-likeness (QED) is 0.511. The van der Waals surface area contributed by atoms with Crippen LogP contribution in [-0.2, 0) is 6.54 Å². The lowest BCUT2D eigenvalue weighted by atomic mass is 10.2. The fourth-order valence-electron chi connectivity index (χ4n) is 2.77. The van der Waals surface area contributed by atoms with Crippen LogP contribution in [0.3, 0.4) is 0 Å². The zero-order valence-corrected chi connectivity index (χ0v) is 17.6. The van der Waals surface area contributed by atoms with Crippen molar-refractivity contribution in [1.29, 1.82) is 0 Å². The predicted molar refractivity (Wildman–Crippen MR) is 118 cm³/mol. The van der Waals surface area contributed by atoms with Crippen molar-refractivity contribution in [2.24, 2.45) is 0 Å². The molecule has 0 saturated heterocycles. The number of nitrogens with zero attached hydrogens (tertiary/aromatic N) is 2. The minimum absolute atomic E-state index is 0.485. The van der Waals surface area contributed by atoms with Gasteiger partial charge in [-0.05, 0) is 62.3 Å². The van der Waals surface area contributed by atoms with Gasteiger partial charge in [-0.1, -0.05) is 47.5 Å². The Hall–Kier alpha value is -2.08.